The van der Waals surface area contributed by atoms with E-state index < -0.39 is 6.10 Å². The molecule has 0 spiro atoms. The van der Waals surface area contributed by atoms with Crippen molar-refractivity contribution in [2.75, 3.05) is 13.1 Å². The van der Waals surface area contributed by atoms with Crippen LogP contribution in [0.5, 0.6) is 0 Å². The fourth-order valence-electron chi connectivity index (χ4n) is 3.96. The lowest BCUT2D eigenvalue weighted by atomic mass is 9.87. The van der Waals surface area contributed by atoms with Gasteiger partial charge in [0.25, 0.3) is 5.91 Å². The van der Waals surface area contributed by atoms with Gasteiger partial charge in [-0.3, -0.25) is 4.79 Å². The van der Waals surface area contributed by atoms with Crippen LogP contribution in [0.15, 0.2) is 66.9 Å². The monoisotopic (exact) mass is 375 g/mol. The third-order valence-electron chi connectivity index (χ3n) is 5.66. The summed E-state index contributed by atoms with van der Waals surface area (Å²) in [5.74, 6) is 0.201. The molecule has 1 atom stereocenters. The molecule has 2 aromatic carbocycles. The summed E-state index contributed by atoms with van der Waals surface area (Å²) in [6, 6.07) is 19.6. The SMILES string of the molecule is Cc1c(C(=O)N2CCC(C(O)c3ccccc3)CC2)cnn1-c1ccccc1. The van der Waals surface area contributed by atoms with Crippen molar-refractivity contribution in [2.45, 2.75) is 25.9 Å². The largest absolute Gasteiger partial charge is 0.388 e. The van der Waals surface area contributed by atoms with E-state index in [-0.39, 0.29) is 11.8 Å². The van der Waals surface area contributed by atoms with Gasteiger partial charge in [-0.05, 0) is 43.4 Å². The zero-order valence-electron chi connectivity index (χ0n) is 16.0. The number of aliphatic hydroxyl groups excluding tert-OH is 1. The van der Waals surface area contributed by atoms with Gasteiger partial charge in [0.1, 0.15) is 0 Å². The summed E-state index contributed by atoms with van der Waals surface area (Å²) in [6.07, 6.45) is 2.79. The number of aromatic nitrogens is 2. The Morgan fingerprint density at radius 2 is 1.64 bits per heavy atom. The molecule has 0 aliphatic carbocycles. The number of piperidine rings is 1. The maximum absolute atomic E-state index is 13.0. The first-order valence-corrected chi connectivity index (χ1v) is 9.77. The van der Waals surface area contributed by atoms with Crippen molar-refractivity contribution < 1.29 is 9.90 Å². The van der Waals surface area contributed by atoms with Crippen LogP contribution in [0.1, 0.15) is 40.6 Å². The highest BCUT2D eigenvalue weighted by Crippen LogP contribution is 2.31. The molecular formula is C23H25N3O2. The summed E-state index contributed by atoms with van der Waals surface area (Å²) in [5, 5.41) is 15.1. The second kappa shape index (κ2) is 7.98. The van der Waals surface area contributed by atoms with Gasteiger partial charge in [0.2, 0.25) is 0 Å². The van der Waals surface area contributed by atoms with Crippen molar-refractivity contribution in [3.05, 3.63) is 83.7 Å². The number of amides is 1. The smallest absolute Gasteiger partial charge is 0.257 e. The first-order chi connectivity index (χ1) is 13.6. The number of rotatable bonds is 4. The van der Waals surface area contributed by atoms with Gasteiger partial charge in [0, 0.05) is 13.1 Å². The topological polar surface area (TPSA) is 58.4 Å². The Hall–Kier alpha value is -2.92. The lowest BCUT2D eigenvalue weighted by Gasteiger charge is -2.34. The van der Waals surface area contributed by atoms with Gasteiger partial charge in [-0.1, -0.05) is 48.5 Å². The number of carbonyl (C=O) groups excluding carboxylic acids is 1. The Morgan fingerprint density at radius 1 is 1.04 bits per heavy atom. The molecule has 1 aromatic heterocycles. The van der Waals surface area contributed by atoms with Crippen LogP contribution in [0, 0.1) is 12.8 Å². The highest BCUT2D eigenvalue weighted by atomic mass is 16.3. The molecule has 1 saturated heterocycles. The average molecular weight is 375 g/mol. The van der Waals surface area contributed by atoms with Gasteiger partial charge in [-0.25, -0.2) is 4.68 Å². The van der Waals surface area contributed by atoms with Crippen molar-refractivity contribution in [1.29, 1.82) is 0 Å². The molecule has 0 radical (unpaired) electrons. The van der Waals surface area contributed by atoms with Gasteiger partial charge in [0.15, 0.2) is 0 Å². The molecule has 1 N–H and O–H groups in total. The minimum Gasteiger partial charge on any atom is -0.388 e. The van der Waals surface area contributed by atoms with Crippen LogP contribution < -0.4 is 0 Å². The quantitative estimate of drug-likeness (QED) is 0.755. The molecular weight excluding hydrogens is 350 g/mol. The molecule has 3 aromatic rings. The third-order valence-corrected chi connectivity index (χ3v) is 5.66. The van der Waals surface area contributed by atoms with E-state index in [1.54, 1.807) is 10.9 Å². The highest BCUT2D eigenvalue weighted by Gasteiger charge is 2.30. The number of hydrogen-bond acceptors (Lipinski definition) is 3. The number of para-hydroxylation sites is 1. The lowest BCUT2D eigenvalue weighted by Crippen LogP contribution is -2.40. The predicted molar refractivity (Wildman–Crippen MR) is 108 cm³/mol. The van der Waals surface area contributed by atoms with Crippen LogP contribution in [0.4, 0.5) is 0 Å². The van der Waals surface area contributed by atoms with Crippen molar-refractivity contribution in [3.8, 4) is 5.69 Å². The Morgan fingerprint density at radius 3 is 2.29 bits per heavy atom. The second-order valence-electron chi connectivity index (χ2n) is 7.38. The Kier molecular flexibility index (Phi) is 5.26. The summed E-state index contributed by atoms with van der Waals surface area (Å²) in [4.78, 5) is 14.9. The number of aliphatic hydroxyl groups is 1. The Labute approximate surface area is 165 Å². The zero-order chi connectivity index (χ0) is 19.5. The normalized spacial score (nSPS) is 16.1. The van der Waals surface area contributed by atoms with Crippen LogP contribution in [0.2, 0.25) is 0 Å². The fourth-order valence-corrected chi connectivity index (χ4v) is 3.96. The molecule has 0 saturated carbocycles. The Balaban J connectivity index is 1.43. The number of carbonyl (C=O) groups is 1. The molecule has 5 heteroatoms. The van der Waals surface area contributed by atoms with Gasteiger partial charge < -0.3 is 10.0 Å². The van der Waals surface area contributed by atoms with Crippen molar-refractivity contribution in [1.82, 2.24) is 14.7 Å². The minimum absolute atomic E-state index is 0.0207. The van der Waals surface area contributed by atoms with E-state index in [0.717, 1.165) is 29.8 Å². The fraction of sp³-hybridized carbons (Fsp3) is 0.304. The number of benzene rings is 2. The molecule has 1 fully saturated rings. The second-order valence-corrected chi connectivity index (χ2v) is 7.38. The lowest BCUT2D eigenvalue weighted by molar-refractivity contribution is 0.0462. The van der Waals surface area contributed by atoms with E-state index in [2.05, 4.69) is 5.10 Å². The summed E-state index contributed by atoms with van der Waals surface area (Å²) in [6.45, 7) is 3.24. The molecule has 5 nitrogen and oxygen atoms in total. The number of likely N-dealkylation sites (tertiary alicyclic amines) is 1. The van der Waals surface area contributed by atoms with E-state index in [0.29, 0.717) is 18.7 Å². The van der Waals surface area contributed by atoms with Gasteiger partial charge in [-0.15, -0.1) is 0 Å². The molecule has 144 valence electrons. The molecule has 28 heavy (non-hydrogen) atoms. The number of nitrogens with zero attached hydrogens (tertiary/aromatic N) is 3. The van der Waals surface area contributed by atoms with Crippen LogP contribution >= 0.6 is 0 Å². The number of hydrogen-bond donors (Lipinski definition) is 1. The maximum atomic E-state index is 13.0. The highest BCUT2D eigenvalue weighted by molar-refractivity contribution is 5.95. The first kappa shape index (κ1) is 18.4. The first-order valence-electron chi connectivity index (χ1n) is 9.77. The average Bonchev–Trinajstić information content (AvgIpc) is 3.15. The van der Waals surface area contributed by atoms with Gasteiger partial charge in [-0.2, -0.15) is 5.10 Å². The van der Waals surface area contributed by atoms with Gasteiger partial charge >= 0.3 is 0 Å². The van der Waals surface area contributed by atoms with E-state index in [4.69, 9.17) is 0 Å². The standard InChI is InChI=1S/C23H25N3O2/c1-17-21(16-24-26(17)20-10-6-3-7-11-20)23(28)25-14-12-19(13-15-25)22(27)18-8-4-2-5-9-18/h2-11,16,19,22,27H,12-15H2,1H3. The summed E-state index contributed by atoms with van der Waals surface area (Å²) < 4.78 is 1.80. The molecule has 4 rings (SSSR count). The summed E-state index contributed by atoms with van der Waals surface area (Å²) >= 11 is 0. The van der Waals surface area contributed by atoms with Crippen LogP contribution in [-0.2, 0) is 0 Å². The molecule has 2 heterocycles. The van der Waals surface area contributed by atoms with Crippen molar-refractivity contribution in [3.63, 3.8) is 0 Å². The predicted octanol–water partition coefficient (Wildman–Crippen LogP) is 3.77. The Bertz CT molecular complexity index is 929. The van der Waals surface area contributed by atoms with Crippen LogP contribution in [0.25, 0.3) is 5.69 Å². The van der Waals surface area contributed by atoms with Crippen molar-refractivity contribution >= 4 is 5.91 Å². The van der Waals surface area contributed by atoms with E-state index in [9.17, 15) is 9.90 Å². The van der Waals surface area contributed by atoms with Gasteiger partial charge in [0.05, 0.1) is 29.2 Å². The molecule has 1 aliphatic rings. The maximum Gasteiger partial charge on any atom is 0.257 e. The molecule has 0 bridgehead atoms. The summed E-state index contributed by atoms with van der Waals surface area (Å²) in [7, 11) is 0. The minimum atomic E-state index is -0.471. The molecule has 1 amide bonds. The third kappa shape index (κ3) is 3.58. The zero-order valence-corrected chi connectivity index (χ0v) is 16.0. The van der Waals surface area contributed by atoms with E-state index in [1.807, 2.05) is 72.5 Å². The van der Waals surface area contributed by atoms with E-state index in [1.165, 1.54) is 0 Å². The molecule has 1 aliphatic heterocycles. The van der Waals surface area contributed by atoms with Crippen LogP contribution in [0.3, 0.4) is 0 Å². The van der Waals surface area contributed by atoms with Crippen LogP contribution in [-0.4, -0.2) is 38.8 Å². The van der Waals surface area contributed by atoms with E-state index >= 15 is 0 Å². The molecule has 1 unspecified atom stereocenters. The summed E-state index contributed by atoms with van der Waals surface area (Å²) in [5.41, 5.74) is 3.39. The van der Waals surface area contributed by atoms with Crippen molar-refractivity contribution in [2.24, 2.45) is 5.92 Å².